The van der Waals surface area contributed by atoms with Crippen molar-refractivity contribution in [3.8, 4) is 11.5 Å². The van der Waals surface area contributed by atoms with Gasteiger partial charge in [-0.05, 0) is 49.7 Å². The fourth-order valence-corrected chi connectivity index (χ4v) is 1.78. The van der Waals surface area contributed by atoms with Crippen molar-refractivity contribution in [3.05, 3.63) is 30.7 Å². The van der Waals surface area contributed by atoms with Gasteiger partial charge in [-0.15, -0.1) is 0 Å². The van der Waals surface area contributed by atoms with Gasteiger partial charge in [-0.25, -0.2) is 0 Å². The molecule has 2 heteroatoms. The van der Waals surface area contributed by atoms with Crippen molar-refractivity contribution < 1.29 is 9.47 Å². The van der Waals surface area contributed by atoms with Crippen LogP contribution in [-0.4, -0.2) is 13.2 Å². The summed E-state index contributed by atoms with van der Waals surface area (Å²) in [4.78, 5) is 0. The molecule has 0 fully saturated rings. The molecule has 0 bridgehead atoms. The first kappa shape index (κ1) is 16.9. The lowest BCUT2D eigenvalue weighted by atomic mass is 10.1. The average molecular weight is 277 g/mol. The van der Waals surface area contributed by atoms with Crippen LogP contribution in [0.5, 0.6) is 11.5 Å². The molecule has 0 aliphatic heterocycles. The summed E-state index contributed by atoms with van der Waals surface area (Å²) >= 11 is 0. The summed E-state index contributed by atoms with van der Waals surface area (Å²) in [6.45, 7) is 14.3. The first-order valence-corrected chi connectivity index (χ1v) is 7.70. The molecule has 0 saturated heterocycles. The SMILES string of the molecule is [CH2]Cc1ccc(OCCC(C)C)cc1OCCC(C)C. The zero-order valence-electron chi connectivity index (χ0n) is 13.4. The summed E-state index contributed by atoms with van der Waals surface area (Å²) in [5, 5.41) is 0. The number of benzene rings is 1. The molecule has 0 N–H and O–H groups in total. The zero-order valence-corrected chi connectivity index (χ0v) is 13.4. The molecule has 0 unspecified atom stereocenters. The van der Waals surface area contributed by atoms with Gasteiger partial charge in [0.15, 0.2) is 0 Å². The van der Waals surface area contributed by atoms with E-state index in [9.17, 15) is 0 Å². The summed E-state index contributed by atoms with van der Waals surface area (Å²) in [6.07, 6.45) is 2.87. The first-order chi connectivity index (χ1) is 9.52. The molecular formula is C18H29O2. The molecule has 20 heavy (non-hydrogen) atoms. The second-order valence-electron chi connectivity index (χ2n) is 6.08. The third kappa shape index (κ3) is 6.31. The normalized spacial score (nSPS) is 11.2. The van der Waals surface area contributed by atoms with Gasteiger partial charge >= 0.3 is 0 Å². The summed E-state index contributed by atoms with van der Waals surface area (Å²) in [5.41, 5.74) is 1.14. The molecular weight excluding hydrogens is 248 g/mol. The highest BCUT2D eigenvalue weighted by molar-refractivity contribution is 5.41. The minimum atomic E-state index is 0.656. The third-order valence-electron chi connectivity index (χ3n) is 3.22. The number of hydrogen-bond donors (Lipinski definition) is 0. The smallest absolute Gasteiger partial charge is 0.126 e. The van der Waals surface area contributed by atoms with Crippen LogP contribution in [0.4, 0.5) is 0 Å². The van der Waals surface area contributed by atoms with E-state index in [4.69, 9.17) is 9.47 Å². The highest BCUT2D eigenvalue weighted by atomic mass is 16.5. The van der Waals surface area contributed by atoms with Gasteiger partial charge in [0.25, 0.3) is 0 Å². The van der Waals surface area contributed by atoms with E-state index in [0.717, 1.165) is 49.5 Å². The topological polar surface area (TPSA) is 18.5 Å². The molecule has 113 valence electrons. The highest BCUT2D eigenvalue weighted by Gasteiger charge is 2.06. The van der Waals surface area contributed by atoms with Crippen molar-refractivity contribution in [2.45, 2.75) is 47.0 Å². The molecule has 0 aliphatic carbocycles. The van der Waals surface area contributed by atoms with Crippen molar-refractivity contribution in [1.29, 1.82) is 0 Å². The minimum Gasteiger partial charge on any atom is -0.493 e. The van der Waals surface area contributed by atoms with Crippen LogP contribution in [0, 0.1) is 18.8 Å². The molecule has 1 radical (unpaired) electrons. The van der Waals surface area contributed by atoms with Crippen LogP contribution >= 0.6 is 0 Å². The van der Waals surface area contributed by atoms with Crippen molar-refractivity contribution in [1.82, 2.24) is 0 Å². The first-order valence-electron chi connectivity index (χ1n) is 7.70. The van der Waals surface area contributed by atoms with Crippen molar-refractivity contribution in [2.75, 3.05) is 13.2 Å². The second kappa shape index (κ2) is 8.89. The Morgan fingerprint density at radius 2 is 1.55 bits per heavy atom. The lowest BCUT2D eigenvalue weighted by Crippen LogP contribution is -2.05. The minimum absolute atomic E-state index is 0.656. The maximum absolute atomic E-state index is 5.89. The Bertz CT molecular complexity index is 383. The molecule has 0 aromatic heterocycles. The molecule has 0 atom stereocenters. The van der Waals surface area contributed by atoms with E-state index in [1.807, 2.05) is 12.1 Å². The highest BCUT2D eigenvalue weighted by Crippen LogP contribution is 2.26. The van der Waals surface area contributed by atoms with Crippen LogP contribution in [0.1, 0.15) is 46.1 Å². The molecule has 0 heterocycles. The molecule has 2 nitrogen and oxygen atoms in total. The Balaban J connectivity index is 2.60. The molecule has 1 aromatic rings. The van der Waals surface area contributed by atoms with Crippen molar-refractivity contribution in [2.24, 2.45) is 11.8 Å². The van der Waals surface area contributed by atoms with E-state index >= 15 is 0 Å². The number of hydrogen-bond acceptors (Lipinski definition) is 2. The monoisotopic (exact) mass is 277 g/mol. The van der Waals surface area contributed by atoms with Crippen LogP contribution < -0.4 is 9.47 Å². The van der Waals surface area contributed by atoms with Gasteiger partial charge in [0.1, 0.15) is 11.5 Å². The fraction of sp³-hybridized carbons (Fsp3) is 0.611. The quantitative estimate of drug-likeness (QED) is 0.638. The Labute approximate surface area is 124 Å². The zero-order chi connectivity index (χ0) is 15.0. The summed E-state index contributed by atoms with van der Waals surface area (Å²) in [6, 6.07) is 6.07. The largest absolute Gasteiger partial charge is 0.493 e. The molecule has 0 spiro atoms. The second-order valence-corrected chi connectivity index (χ2v) is 6.08. The van der Waals surface area contributed by atoms with E-state index < -0.39 is 0 Å². The average Bonchev–Trinajstić information content (AvgIpc) is 2.38. The standard InChI is InChI=1S/C18H29O2/c1-6-16-7-8-17(19-11-9-14(2)3)13-18(16)20-12-10-15(4)5/h7-8,13-15H,1,6,9-12H2,2-5H3. The van der Waals surface area contributed by atoms with Crippen LogP contribution in [0.2, 0.25) is 0 Å². The van der Waals surface area contributed by atoms with E-state index in [1.54, 1.807) is 0 Å². The van der Waals surface area contributed by atoms with Gasteiger partial charge in [0.2, 0.25) is 0 Å². The van der Waals surface area contributed by atoms with Gasteiger partial charge in [-0.3, -0.25) is 0 Å². The Morgan fingerprint density at radius 3 is 2.10 bits per heavy atom. The van der Waals surface area contributed by atoms with Gasteiger partial charge in [-0.2, -0.15) is 0 Å². The number of ether oxygens (including phenoxy) is 2. The maximum atomic E-state index is 5.89. The molecule has 1 aromatic carbocycles. The molecule has 1 rings (SSSR count). The Kier molecular flexibility index (Phi) is 7.50. The molecule has 0 aliphatic rings. The van der Waals surface area contributed by atoms with E-state index in [2.05, 4.69) is 40.7 Å². The van der Waals surface area contributed by atoms with Gasteiger partial charge in [-0.1, -0.05) is 33.8 Å². The Hall–Kier alpha value is -1.18. The lowest BCUT2D eigenvalue weighted by Gasteiger charge is -2.14. The van der Waals surface area contributed by atoms with Crippen molar-refractivity contribution in [3.63, 3.8) is 0 Å². The van der Waals surface area contributed by atoms with E-state index in [-0.39, 0.29) is 0 Å². The third-order valence-corrected chi connectivity index (χ3v) is 3.22. The summed E-state index contributed by atoms with van der Waals surface area (Å²) in [7, 11) is 0. The van der Waals surface area contributed by atoms with Gasteiger partial charge < -0.3 is 9.47 Å². The Morgan fingerprint density at radius 1 is 0.950 bits per heavy atom. The predicted molar refractivity (Wildman–Crippen MR) is 85.4 cm³/mol. The van der Waals surface area contributed by atoms with Gasteiger partial charge in [0.05, 0.1) is 13.2 Å². The molecule has 0 saturated carbocycles. The van der Waals surface area contributed by atoms with Crippen LogP contribution in [-0.2, 0) is 6.42 Å². The van der Waals surface area contributed by atoms with Crippen LogP contribution in [0.25, 0.3) is 0 Å². The summed E-state index contributed by atoms with van der Waals surface area (Å²) < 4.78 is 11.7. The van der Waals surface area contributed by atoms with E-state index in [0.29, 0.717) is 11.8 Å². The molecule has 0 amide bonds. The number of rotatable bonds is 9. The van der Waals surface area contributed by atoms with Crippen LogP contribution in [0.3, 0.4) is 0 Å². The summed E-state index contributed by atoms with van der Waals surface area (Å²) in [5.74, 6) is 3.13. The fourth-order valence-electron chi connectivity index (χ4n) is 1.78. The van der Waals surface area contributed by atoms with Crippen molar-refractivity contribution >= 4 is 0 Å². The maximum Gasteiger partial charge on any atom is 0.126 e. The predicted octanol–water partition coefficient (Wildman–Crippen LogP) is 4.91. The lowest BCUT2D eigenvalue weighted by molar-refractivity contribution is 0.274. The van der Waals surface area contributed by atoms with Gasteiger partial charge in [0, 0.05) is 6.07 Å². The van der Waals surface area contributed by atoms with E-state index in [1.165, 1.54) is 0 Å². The van der Waals surface area contributed by atoms with Crippen LogP contribution in [0.15, 0.2) is 18.2 Å².